The number of hydrogen-bond acceptors (Lipinski definition) is 8. The number of piperidine rings is 2. The van der Waals surface area contributed by atoms with Crippen LogP contribution >= 0.6 is 15.9 Å². The molecule has 4 aliphatic heterocycles. The third-order valence-electron chi connectivity index (χ3n) is 26.5. The molecule has 1 radical (unpaired) electrons. The van der Waals surface area contributed by atoms with Crippen LogP contribution in [-0.4, -0.2) is 102 Å². The zero-order valence-corrected chi connectivity index (χ0v) is 58.7. The Bertz CT molecular complexity index is 3660. The second-order valence-electron chi connectivity index (χ2n) is 33.0. The summed E-state index contributed by atoms with van der Waals surface area (Å²) in [6.07, 6.45) is 18.5. The Morgan fingerprint density at radius 3 is 1.41 bits per heavy atom. The van der Waals surface area contributed by atoms with E-state index in [-0.39, 0.29) is 38.7 Å². The van der Waals surface area contributed by atoms with E-state index in [1.165, 1.54) is 161 Å². The van der Waals surface area contributed by atoms with Gasteiger partial charge in [-0.25, -0.2) is 0 Å². The molecular formula is C82H101BrCuN4O4. The van der Waals surface area contributed by atoms with Crippen LogP contribution in [0.25, 0.3) is 0 Å². The number of nitrogens with zero attached hydrogens (tertiary/aromatic N) is 4. The van der Waals surface area contributed by atoms with E-state index < -0.39 is 0 Å². The van der Waals surface area contributed by atoms with Crippen LogP contribution in [0.1, 0.15) is 163 Å². The van der Waals surface area contributed by atoms with E-state index in [1.54, 1.807) is 7.11 Å². The van der Waals surface area contributed by atoms with Crippen molar-refractivity contribution >= 4 is 15.9 Å². The molecule has 8 aliphatic carbocycles. The fourth-order valence-electron chi connectivity index (χ4n) is 22.8. The van der Waals surface area contributed by atoms with Gasteiger partial charge in [-0.15, -0.1) is 0 Å². The Kier molecular flexibility index (Phi) is 16.5. The maximum Gasteiger partial charge on any atom is 0.173 e. The van der Waals surface area contributed by atoms with Gasteiger partial charge in [0.05, 0.1) is 14.2 Å². The molecule has 92 heavy (non-hydrogen) atoms. The van der Waals surface area contributed by atoms with Gasteiger partial charge < -0.3 is 19.3 Å². The summed E-state index contributed by atoms with van der Waals surface area (Å²) in [5.74, 6) is 8.66. The molecular weight excluding hydrogens is 1250 g/mol. The summed E-state index contributed by atoms with van der Waals surface area (Å²) in [6.45, 7) is 23.1. The molecule has 8 bridgehead atoms. The van der Waals surface area contributed by atoms with Crippen molar-refractivity contribution in [2.24, 2.45) is 46.3 Å². The van der Waals surface area contributed by atoms with Crippen molar-refractivity contribution < 1.29 is 36.4 Å². The van der Waals surface area contributed by atoms with Crippen LogP contribution in [0.3, 0.4) is 0 Å². The van der Waals surface area contributed by atoms with E-state index in [9.17, 15) is 5.11 Å². The molecule has 8 nitrogen and oxygen atoms in total. The normalized spacial score (nSPS) is 32.8. The molecule has 10 heteroatoms. The van der Waals surface area contributed by atoms with Gasteiger partial charge in [0, 0.05) is 107 Å². The molecule has 6 aromatic carbocycles. The zero-order chi connectivity index (χ0) is 62.4. The topological polar surface area (TPSA) is 60.9 Å². The van der Waals surface area contributed by atoms with Gasteiger partial charge in [-0.3, -0.25) is 19.6 Å². The predicted octanol–water partition coefficient (Wildman–Crippen LogP) is 17.1. The number of benzene rings is 6. The largest absolute Gasteiger partial charge is 0.504 e. The van der Waals surface area contributed by atoms with Crippen molar-refractivity contribution in [3.05, 3.63) is 182 Å². The molecule has 18 rings (SSSR count). The van der Waals surface area contributed by atoms with Crippen molar-refractivity contribution in [1.29, 1.82) is 0 Å². The summed E-state index contributed by atoms with van der Waals surface area (Å²) in [4.78, 5) is 11.6. The molecule has 12 unspecified atom stereocenters. The van der Waals surface area contributed by atoms with E-state index in [4.69, 9.17) is 14.2 Å². The number of likely N-dealkylation sites (tertiary alicyclic amines) is 4. The van der Waals surface area contributed by atoms with Crippen molar-refractivity contribution in [2.75, 3.05) is 53.5 Å². The molecule has 491 valence electrons. The van der Waals surface area contributed by atoms with Crippen molar-refractivity contribution in [3.63, 3.8) is 0 Å². The van der Waals surface area contributed by atoms with E-state index in [1.807, 2.05) is 13.2 Å². The van der Waals surface area contributed by atoms with Crippen LogP contribution in [0.5, 0.6) is 28.7 Å². The second kappa shape index (κ2) is 23.9. The quantitative estimate of drug-likeness (QED) is 0.122. The standard InChI is InChI=1S/C41H50N2O2.C31H38N2O2.C10H13Br.Cu/c1-39(2,3)31-13-15-32(16-14-31)45-38-34(44-4)17-12-29-22-35-40-19-18-33-36(30(23-40)26-43(33)25-27-8-6-5-7-9-27)41(40,37(29)38)20-21-42(35)24-28-10-11-28;1-35-25-10-9-22-15-26-30-12-11-24-27(23(16-30)19-33(24)18-20-5-3-2-4-6-20)31(30,28(22)29(25)34)13-14-32(26)17-21-7-8-21;1-10(2,3)8-4-6-9(11)7-5-8;/h5-9,12-17,28,30,33,35-36H,10-11,18-26H2,1-4H3;2-6,9-10,21,23-24,26-27,34H,7-8,11-19H2,1H3;4-7H,1-3H3;. The number of phenolic OH excluding ortho intramolecular Hbond substituents is 1. The molecule has 12 aliphatic rings. The Hall–Kier alpha value is -4.64. The fourth-order valence-corrected chi connectivity index (χ4v) is 23.0. The molecule has 0 spiro atoms. The van der Waals surface area contributed by atoms with Crippen LogP contribution in [0.2, 0.25) is 0 Å². The number of hydrogen-bond donors (Lipinski definition) is 1. The van der Waals surface area contributed by atoms with E-state index >= 15 is 0 Å². The zero-order valence-electron chi connectivity index (χ0n) is 56.2. The molecule has 10 fully saturated rings. The van der Waals surface area contributed by atoms with Gasteiger partial charge in [-0.1, -0.05) is 155 Å². The first kappa shape index (κ1) is 63.4. The van der Waals surface area contributed by atoms with Gasteiger partial charge in [0.2, 0.25) is 0 Å². The SMILES string of the molecule is CC(C)(C)c1ccc(Br)cc1.COc1ccc2c(c1O)C13CCN(CC4CC4)C(C2)C12CCC1C3C(CN1Cc1ccccc1)C2.COc1ccc2c(c1Oc1ccc(C(C)(C)C)cc1)C13CCN(CC4CC4)C(C2)C12CCC1C3C(CN1Cc1ccccc1)C2.[Cu]. The summed E-state index contributed by atoms with van der Waals surface area (Å²) >= 11 is 3.41. The van der Waals surface area contributed by atoms with Crippen LogP contribution in [0.15, 0.2) is 138 Å². The number of ether oxygens (including phenoxy) is 3. The van der Waals surface area contributed by atoms with Crippen molar-refractivity contribution in [3.8, 4) is 28.7 Å². The maximum atomic E-state index is 11.7. The number of halogens is 1. The first-order valence-corrected chi connectivity index (χ1v) is 36.4. The predicted molar refractivity (Wildman–Crippen MR) is 370 cm³/mol. The van der Waals surface area contributed by atoms with Crippen LogP contribution in [0.4, 0.5) is 0 Å². The number of rotatable bonds is 12. The fraction of sp³-hybridized carbons (Fsp3) is 0.561. The molecule has 0 amide bonds. The van der Waals surface area contributed by atoms with Gasteiger partial charge in [-0.05, 0) is 230 Å². The van der Waals surface area contributed by atoms with Gasteiger partial charge in [0.1, 0.15) is 5.75 Å². The minimum absolute atomic E-state index is 0. The summed E-state index contributed by atoms with van der Waals surface area (Å²) in [5, 5.41) is 11.7. The van der Waals surface area contributed by atoms with E-state index in [0.29, 0.717) is 58.3 Å². The Balaban J connectivity index is 0.000000133. The first-order valence-electron chi connectivity index (χ1n) is 35.6. The average molecular weight is 1350 g/mol. The molecule has 4 saturated heterocycles. The molecule has 6 aromatic rings. The Morgan fingerprint density at radius 1 is 0.511 bits per heavy atom. The van der Waals surface area contributed by atoms with E-state index in [2.05, 4.69) is 204 Å². The minimum Gasteiger partial charge on any atom is -0.504 e. The molecule has 0 aromatic heterocycles. The van der Waals surface area contributed by atoms with Gasteiger partial charge in [-0.2, -0.15) is 0 Å². The van der Waals surface area contributed by atoms with E-state index in [0.717, 1.165) is 71.3 Å². The first-order chi connectivity index (χ1) is 43.9. The summed E-state index contributed by atoms with van der Waals surface area (Å²) in [5.41, 5.74) is 12.6. The van der Waals surface area contributed by atoms with Gasteiger partial charge in [0.25, 0.3) is 0 Å². The van der Waals surface area contributed by atoms with Crippen molar-refractivity contribution in [2.45, 2.75) is 190 Å². The third-order valence-corrected chi connectivity index (χ3v) is 27.0. The molecule has 4 heterocycles. The second-order valence-corrected chi connectivity index (χ2v) is 33.9. The molecule has 12 atom stereocenters. The molecule has 6 saturated carbocycles. The third kappa shape index (κ3) is 10.3. The minimum atomic E-state index is 0. The van der Waals surface area contributed by atoms with Gasteiger partial charge >= 0.3 is 0 Å². The average Bonchev–Trinajstić information content (AvgIpc) is 1.45. The molecule has 1 N–H and O–H groups in total. The van der Waals surface area contributed by atoms with Gasteiger partial charge in [0.15, 0.2) is 23.0 Å². The number of aromatic hydroxyl groups is 1. The Morgan fingerprint density at radius 2 is 0.957 bits per heavy atom. The number of phenols is 1. The summed E-state index contributed by atoms with van der Waals surface area (Å²) in [6, 6.07) is 51.1. The smallest absolute Gasteiger partial charge is 0.173 e. The van der Waals surface area contributed by atoms with Crippen LogP contribution in [0, 0.1) is 46.3 Å². The number of fused-ring (bicyclic) bond motifs is 2. The Labute approximate surface area is 569 Å². The van der Waals surface area contributed by atoms with Crippen molar-refractivity contribution in [1.82, 2.24) is 19.6 Å². The van der Waals surface area contributed by atoms with Crippen LogP contribution < -0.4 is 14.2 Å². The van der Waals surface area contributed by atoms with Crippen LogP contribution in [-0.2, 0) is 64.7 Å². The summed E-state index contributed by atoms with van der Waals surface area (Å²) < 4.78 is 20.1. The number of methoxy groups -OCH3 is 2. The monoisotopic (exact) mass is 1350 g/mol. The maximum absolute atomic E-state index is 11.7. The summed E-state index contributed by atoms with van der Waals surface area (Å²) in [7, 11) is 3.54.